The molecule has 0 aliphatic carbocycles. The van der Waals surface area contributed by atoms with Gasteiger partial charge < -0.3 is 4.74 Å². The Morgan fingerprint density at radius 2 is 2.08 bits per heavy atom. The predicted octanol–water partition coefficient (Wildman–Crippen LogP) is 3.70. The highest BCUT2D eigenvalue weighted by Crippen LogP contribution is 2.26. The van der Waals surface area contributed by atoms with Crippen LogP contribution in [-0.2, 0) is 16.1 Å². The lowest BCUT2D eigenvalue weighted by Crippen LogP contribution is -2.25. The van der Waals surface area contributed by atoms with Gasteiger partial charge in [0.25, 0.3) is 0 Å². The molecule has 7 heteroatoms. The zero-order chi connectivity index (χ0) is 17.7. The Morgan fingerprint density at radius 3 is 2.71 bits per heavy atom. The van der Waals surface area contributed by atoms with Crippen LogP contribution in [0.2, 0.25) is 0 Å². The second-order valence-corrected chi connectivity index (χ2v) is 7.00. The first-order valence-electron chi connectivity index (χ1n) is 7.45. The van der Waals surface area contributed by atoms with Gasteiger partial charge in [0.05, 0.1) is 11.3 Å². The van der Waals surface area contributed by atoms with Crippen molar-refractivity contribution in [3.05, 3.63) is 42.7 Å². The van der Waals surface area contributed by atoms with Gasteiger partial charge in [0.15, 0.2) is 11.0 Å². The molecule has 0 spiro atoms. The summed E-state index contributed by atoms with van der Waals surface area (Å²) < 4.78 is 21.0. The quantitative estimate of drug-likeness (QED) is 0.452. The van der Waals surface area contributed by atoms with Crippen molar-refractivity contribution in [1.29, 1.82) is 0 Å². The van der Waals surface area contributed by atoms with Crippen LogP contribution in [-0.4, -0.2) is 32.1 Å². The summed E-state index contributed by atoms with van der Waals surface area (Å²) >= 11 is 1.20. The lowest BCUT2D eigenvalue weighted by molar-refractivity contribution is -0.151. The van der Waals surface area contributed by atoms with Crippen molar-refractivity contribution in [3.63, 3.8) is 0 Å². The van der Waals surface area contributed by atoms with Gasteiger partial charge in [0.2, 0.25) is 0 Å². The third-order valence-corrected chi connectivity index (χ3v) is 3.82. The zero-order valence-corrected chi connectivity index (χ0v) is 14.8. The molecule has 0 amide bonds. The summed E-state index contributed by atoms with van der Waals surface area (Å²) in [5, 5.41) is 8.66. The van der Waals surface area contributed by atoms with E-state index in [0.717, 1.165) is 0 Å². The molecule has 0 saturated carbocycles. The van der Waals surface area contributed by atoms with E-state index >= 15 is 0 Å². The van der Waals surface area contributed by atoms with Gasteiger partial charge in [0, 0.05) is 6.54 Å². The molecular formula is C17H20FN3O2S. The maximum Gasteiger partial charge on any atom is 0.316 e. The smallest absolute Gasteiger partial charge is 0.316 e. The van der Waals surface area contributed by atoms with Crippen LogP contribution in [0, 0.1) is 5.82 Å². The Balaban J connectivity index is 2.21. The van der Waals surface area contributed by atoms with Crippen molar-refractivity contribution in [3.8, 4) is 11.4 Å². The van der Waals surface area contributed by atoms with Crippen LogP contribution < -0.4 is 0 Å². The first kappa shape index (κ1) is 18.2. The van der Waals surface area contributed by atoms with Crippen LogP contribution in [0.4, 0.5) is 4.39 Å². The largest absolute Gasteiger partial charge is 0.459 e. The van der Waals surface area contributed by atoms with E-state index in [-0.39, 0.29) is 17.5 Å². The molecule has 1 heterocycles. The number of benzene rings is 1. The molecule has 0 fully saturated rings. The maximum atomic E-state index is 14.0. The number of hydrogen-bond donors (Lipinski definition) is 0. The second-order valence-electron chi connectivity index (χ2n) is 6.06. The summed E-state index contributed by atoms with van der Waals surface area (Å²) in [7, 11) is 0. The van der Waals surface area contributed by atoms with Crippen molar-refractivity contribution < 1.29 is 13.9 Å². The van der Waals surface area contributed by atoms with Crippen molar-refractivity contribution >= 4 is 17.7 Å². The van der Waals surface area contributed by atoms with Gasteiger partial charge in [0.1, 0.15) is 11.4 Å². The Morgan fingerprint density at radius 1 is 1.38 bits per heavy atom. The van der Waals surface area contributed by atoms with Crippen molar-refractivity contribution in [1.82, 2.24) is 14.8 Å². The molecule has 128 valence electrons. The van der Waals surface area contributed by atoms with Crippen LogP contribution in [0.5, 0.6) is 0 Å². The monoisotopic (exact) mass is 349 g/mol. The second kappa shape index (κ2) is 7.61. The standard InChI is InChI=1S/C17H20FN3O2S/c1-5-10-21-15(12-8-6-7-9-13(12)18)19-20-16(21)24-11-14(22)23-17(2,3)4/h5-9H,1,10-11H2,2-4H3. The number of carbonyl (C=O) groups is 1. The van der Waals surface area contributed by atoms with Crippen LogP contribution in [0.3, 0.4) is 0 Å². The van der Waals surface area contributed by atoms with Crippen molar-refractivity contribution in [2.75, 3.05) is 5.75 Å². The molecule has 0 atom stereocenters. The molecule has 1 aromatic carbocycles. The van der Waals surface area contributed by atoms with Gasteiger partial charge in [-0.2, -0.15) is 0 Å². The van der Waals surface area contributed by atoms with Crippen LogP contribution in [0.25, 0.3) is 11.4 Å². The van der Waals surface area contributed by atoms with E-state index in [9.17, 15) is 9.18 Å². The first-order chi connectivity index (χ1) is 11.3. The summed E-state index contributed by atoms with van der Waals surface area (Å²) in [6.45, 7) is 9.55. The third-order valence-electron chi connectivity index (χ3n) is 2.88. The number of thioether (sulfide) groups is 1. The number of halogens is 1. The third kappa shape index (κ3) is 4.67. The van der Waals surface area contributed by atoms with E-state index in [0.29, 0.717) is 23.1 Å². The summed E-state index contributed by atoms with van der Waals surface area (Å²) in [4.78, 5) is 11.9. The van der Waals surface area contributed by atoms with Gasteiger partial charge >= 0.3 is 5.97 Å². The molecule has 1 aromatic heterocycles. The summed E-state index contributed by atoms with van der Waals surface area (Å²) in [5.74, 6) is -0.212. The highest BCUT2D eigenvalue weighted by Gasteiger charge is 2.20. The minimum atomic E-state index is -0.537. The minimum absolute atomic E-state index is 0.101. The van der Waals surface area contributed by atoms with E-state index in [1.807, 2.05) is 20.8 Å². The van der Waals surface area contributed by atoms with E-state index in [4.69, 9.17) is 4.74 Å². The van der Waals surface area contributed by atoms with Gasteiger partial charge in [-0.25, -0.2) is 4.39 Å². The molecule has 0 aliphatic heterocycles. The molecular weight excluding hydrogens is 329 g/mol. The molecule has 0 radical (unpaired) electrons. The van der Waals surface area contributed by atoms with Gasteiger partial charge in [-0.3, -0.25) is 9.36 Å². The van der Waals surface area contributed by atoms with Gasteiger partial charge in [-0.1, -0.05) is 30.0 Å². The number of aromatic nitrogens is 3. The lowest BCUT2D eigenvalue weighted by atomic mass is 10.2. The Kier molecular flexibility index (Phi) is 5.77. The van der Waals surface area contributed by atoms with E-state index in [1.165, 1.54) is 17.8 Å². The predicted molar refractivity (Wildman–Crippen MR) is 92.2 cm³/mol. The van der Waals surface area contributed by atoms with Gasteiger partial charge in [-0.15, -0.1) is 16.8 Å². The minimum Gasteiger partial charge on any atom is -0.459 e. The summed E-state index contributed by atoms with van der Waals surface area (Å²) in [5.41, 5.74) is -0.180. The number of ether oxygens (including phenoxy) is 1. The van der Waals surface area contributed by atoms with E-state index in [2.05, 4.69) is 16.8 Å². The number of esters is 1. The van der Waals surface area contributed by atoms with Gasteiger partial charge in [-0.05, 0) is 32.9 Å². The van der Waals surface area contributed by atoms with Crippen molar-refractivity contribution in [2.24, 2.45) is 0 Å². The lowest BCUT2D eigenvalue weighted by Gasteiger charge is -2.19. The molecule has 2 rings (SSSR count). The van der Waals surface area contributed by atoms with Crippen LogP contribution in [0.1, 0.15) is 20.8 Å². The average Bonchev–Trinajstić information content (AvgIpc) is 2.87. The van der Waals surface area contributed by atoms with Crippen LogP contribution in [0.15, 0.2) is 42.1 Å². The Labute approximate surface area is 144 Å². The summed E-state index contributed by atoms with van der Waals surface area (Å²) in [6, 6.07) is 6.36. The number of rotatable bonds is 6. The number of allylic oxidation sites excluding steroid dienone is 1. The molecule has 0 bridgehead atoms. The van der Waals surface area contributed by atoms with Crippen molar-refractivity contribution in [2.45, 2.75) is 38.1 Å². The number of nitrogens with zero attached hydrogens (tertiary/aromatic N) is 3. The van der Waals surface area contributed by atoms with Crippen LogP contribution >= 0.6 is 11.8 Å². The molecule has 2 aromatic rings. The number of carbonyl (C=O) groups excluding carboxylic acids is 1. The fourth-order valence-electron chi connectivity index (χ4n) is 2.03. The first-order valence-corrected chi connectivity index (χ1v) is 8.44. The molecule has 0 unspecified atom stereocenters. The fourth-order valence-corrected chi connectivity index (χ4v) is 2.75. The fraction of sp³-hybridized carbons (Fsp3) is 0.353. The molecule has 0 saturated heterocycles. The van der Waals surface area contributed by atoms with E-state index < -0.39 is 5.60 Å². The topological polar surface area (TPSA) is 57.0 Å². The number of hydrogen-bond acceptors (Lipinski definition) is 5. The molecule has 0 aliphatic rings. The SMILES string of the molecule is C=CCn1c(SCC(=O)OC(C)(C)C)nnc1-c1ccccc1F. The average molecular weight is 349 g/mol. The molecule has 0 N–H and O–H groups in total. The Bertz CT molecular complexity index is 738. The maximum absolute atomic E-state index is 14.0. The Hall–Kier alpha value is -2.15. The molecule has 5 nitrogen and oxygen atoms in total. The summed E-state index contributed by atoms with van der Waals surface area (Å²) in [6.07, 6.45) is 1.67. The normalized spacial score (nSPS) is 11.3. The zero-order valence-electron chi connectivity index (χ0n) is 14.0. The molecule has 24 heavy (non-hydrogen) atoms. The highest BCUT2D eigenvalue weighted by molar-refractivity contribution is 7.99. The highest BCUT2D eigenvalue weighted by atomic mass is 32.2. The van der Waals surface area contributed by atoms with E-state index in [1.54, 1.807) is 28.8 Å².